The predicted molar refractivity (Wildman–Crippen MR) is 51.7 cm³/mol. The number of hydrogen-bond donors (Lipinski definition) is 2. The third-order valence-electron chi connectivity index (χ3n) is 1.93. The Balaban J connectivity index is 2.47. The molecule has 0 aromatic heterocycles. The standard InChI is InChI=1S/C10H12F3NO/c1-7-2-4-8(5-3-7)14-6-9(15)10(11,12)13/h2-5,9,14-15H,6H2,1H3. The normalized spacial score (nSPS) is 13.7. The van der Waals surface area contributed by atoms with Gasteiger partial charge in [-0.25, -0.2) is 0 Å². The van der Waals surface area contributed by atoms with Crippen LogP contribution in [-0.4, -0.2) is 23.9 Å². The number of aryl methyl sites for hydroxylation is 1. The number of benzene rings is 1. The van der Waals surface area contributed by atoms with Crippen LogP contribution in [0.3, 0.4) is 0 Å². The van der Waals surface area contributed by atoms with Crippen molar-refractivity contribution in [2.24, 2.45) is 0 Å². The second-order valence-electron chi connectivity index (χ2n) is 3.30. The largest absolute Gasteiger partial charge is 0.416 e. The van der Waals surface area contributed by atoms with Crippen LogP contribution in [0.15, 0.2) is 24.3 Å². The van der Waals surface area contributed by atoms with Gasteiger partial charge in [-0.05, 0) is 19.1 Å². The molecule has 0 fully saturated rings. The van der Waals surface area contributed by atoms with Gasteiger partial charge in [-0.15, -0.1) is 0 Å². The van der Waals surface area contributed by atoms with Gasteiger partial charge in [0.15, 0.2) is 6.10 Å². The predicted octanol–water partition coefficient (Wildman–Crippen LogP) is 2.33. The summed E-state index contributed by atoms with van der Waals surface area (Å²) < 4.78 is 35.8. The van der Waals surface area contributed by atoms with Gasteiger partial charge < -0.3 is 10.4 Å². The summed E-state index contributed by atoms with van der Waals surface area (Å²) in [4.78, 5) is 0. The van der Waals surface area contributed by atoms with Crippen molar-refractivity contribution in [1.82, 2.24) is 0 Å². The molecule has 0 aliphatic carbocycles. The van der Waals surface area contributed by atoms with Crippen LogP contribution < -0.4 is 5.32 Å². The molecule has 0 aliphatic heterocycles. The molecule has 1 aromatic carbocycles. The SMILES string of the molecule is Cc1ccc(NCC(O)C(F)(F)F)cc1. The number of rotatable bonds is 3. The maximum Gasteiger partial charge on any atom is 0.416 e. The van der Waals surface area contributed by atoms with Crippen LogP contribution in [0.1, 0.15) is 5.56 Å². The van der Waals surface area contributed by atoms with Gasteiger partial charge in [-0.2, -0.15) is 13.2 Å². The van der Waals surface area contributed by atoms with E-state index in [2.05, 4.69) is 5.32 Å². The summed E-state index contributed by atoms with van der Waals surface area (Å²) in [5.41, 5.74) is 1.58. The average molecular weight is 219 g/mol. The molecule has 0 amide bonds. The Morgan fingerprint density at radius 1 is 1.27 bits per heavy atom. The van der Waals surface area contributed by atoms with Crippen molar-refractivity contribution in [3.63, 3.8) is 0 Å². The number of nitrogens with one attached hydrogen (secondary N) is 1. The Hall–Kier alpha value is -1.23. The molecule has 0 radical (unpaired) electrons. The molecular weight excluding hydrogens is 207 g/mol. The first kappa shape index (κ1) is 11.8. The first-order chi connectivity index (χ1) is 6.89. The van der Waals surface area contributed by atoms with E-state index in [1.165, 1.54) is 0 Å². The number of hydrogen-bond acceptors (Lipinski definition) is 2. The van der Waals surface area contributed by atoms with E-state index >= 15 is 0 Å². The molecule has 2 N–H and O–H groups in total. The molecule has 0 saturated heterocycles. The Morgan fingerprint density at radius 3 is 2.27 bits per heavy atom. The van der Waals surface area contributed by atoms with Crippen LogP contribution >= 0.6 is 0 Å². The molecule has 0 spiro atoms. The Labute approximate surface area is 85.7 Å². The molecule has 1 aromatic rings. The molecule has 5 heteroatoms. The van der Waals surface area contributed by atoms with Crippen LogP contribution in [0, 0.1) is 6.92 Å². The molecule has 84 valence electrons. The fraction of sp³-hybridized carbons (Fsp3) is 0.400. The fourth-order valence-corrected chi connectivity index (χ4v) is 1.00. The minimum atomic E-state index is -4.57. The van der Waals surface area contributed by atoms with E-state index in [1.54, 1.807) is 24.3 Å². The number of anilines is 1. The maximum atomic E-state index is 11.9. The van der Waals surface area contributed by atoms with Gasteiger partial charge in [-0.3, -0.25) is 0 Å². The lowest BCUT2D eigenvalue weighted by Gasteiger charge is -2.15. The van der Waals surface area contributed by atoms with Gasteiger partial charge >= 0.3 is 6.18 Å². The molecule has 0 heterocycles. The lowest BCUT2D eigenvalue weighted by atomic mass is 10.2. The fourth-order valence-electron chi connectivity index (χ4n) is 1.00. The Bertz CT molecular complexity index is 307. The third-order valence-corrected chi connectivity index (χ3v) is 1.93. The van der Waals surface area contributed by atoms with E-state index in [9.17, 15) is 13.2 Å². The van der Waals surface area contributed by atoms with Crippen molar-refractivity contribution in [2.45, 2.75) is 19.2 Å². The molecule has 1 atom stereocenters. The minimum Gasteiger partial charge on any atom is -0.382 e. The van der Waals surface area contributed by atoms with Gasteiger partial charge in [0, 0.05) is 12.2 Å². The molecule has 1 unspecified atom stereocenters. The quantitative estimate of drug-likeness (QED) is 0.817. The number of aliphatic hydroxyl groups is 1. The van der Waals surface area contributed by atoms with E-state index in [-0.39, 0.29) is 0 Å². The summed E-state index contributed by atoms with van der Waals surface area (Å²) in [6, 6.07) is 6.89. The van der Waals surface area contributed by atoms with Crippen LogP contribution in [-0.2, 0) is 0 Å². The van der Waals surface area contributed by atoms with Gasteiger partial charge in [0.25, 0.3) is 0 Å². The lowest BCUT2D eigenvalue weighted by Crippen LogP contribution is -2.34. The molecule has 2 nitrogen and oxygen atoms in total. The van der Waals surface area contributed by atoms with E-state index in [0.29, 0.717) is 5.69 Å². The summed E-state index contributed by atoms with van der Waals surface area (Å²) in [6.07, 6.45) is -6.91. The second-order valence-corrected chi connectivity index (χ2v) is 3.30. The highest BCUT2D eigenvalue weighted by molar-refractivity contribution is 5.44. The zero-order chi connectivity index (χ0) is 11.5. The van der Waals surface area contributed by atoms with Gasteiger partial charge in [0.05, 0.1) is 0 Å². The van der Waals surface area contributed by atoms with Gasteiger partial charge in [0.2, 0.25) is 0 Å². The molecular formula is C10H12F3NO. The zero-order valence-corrected chi connectivity index (χ0v) is 8.17. The zero-order valence-electron chi connectivity index (χ0n) is 8.17. The number of halogens is 3. The van der Waals surface area contributed by atoms with Crippen molar-refractivity contribution >= 4 is 5.69 Å². The van der Waals surface area contributed by atoms with E-state index in [4.69, 9.17) is 5.11 Å². The Kier molecular flexibility index (Phi) is 3.57. The van der Waals surface area contributed by atoms with Crippen molar-refractivity contribution in [3.05, 3.63) is 29.8 Å². The second kappa shape index (κ2) is 4.53. The van der Waals surface area contributed by atoms with Gasteiger partial charge in [-0.1, -0.05) is 17.7 Å². The summed E-state index contributed by atoms with van der Waals surface area (Å²) in [5, 5.41) is 11.2. The topological polar surface area (TPSA) is 32.3 Å². The van der Waals surface area contributed by atoms with Crippen LogP contribution in [0.2, 0.25) is 0 Å². The average Bonchev–Trinajstić information content (AvgIpc) is 2.15. The third kappa shape index (κ3) is 3.79. The van der Waals surface area contributed by atoms with Crippen molar-refractivity contribution < 1.29 is 18.3 Å². The monoisotopic (exact) mass is 219 g/mol. The highest BCUT2D eigenvalue weighted by atomic mass is 19.4. The summed E-state index contributed by atoms with van der Waals surface area (Å²) in [5.74, 6) is 0. The molecule has 15 heavy (non-hydrogen) atoms. The lowest BCUT2D eigenvalue weighted by molar-refractivity contribution is -0.198. The first-order valence-electron chi connectivity index (χ1n) is 4.45. The van der Waals surface area contributed by atoms with E-state index < -0.39 is 18.8 Å². The first-order valence-corrected chi connectivity index (χ1v) is 4.45. The summed E-state index contributed by atoms with van der Waals surface area (Å²) in [7, 11) is 0. The number of alkyl halides is 3. The number of aliphatic hydroxyl groups excluding tert-OH is 1. The van der Waals surface area contributed by atoms with Crippen LogP contribution in [0.25, 0.3) is 0 Å². The van der Waals surface area contributed by atoms with Crippen molar-refractivity contribution in [3.8, 4) is 0 Å². The highest BCUT2D eigenvalue weighted by Gasteiger charge is 2.37. The van der Waals surface area contributed by atoms with E-state index in [0.717, 1.165) is 5.56 Å². The highest BCUT2D eigenvalue weighted by Crippen LogP contribution is 2.20. The Morgan fingerprint density at radius 2 is 1.80 bits per heavy atom. The minimum absolute atomic E-state index is 0.535. The van der Waals surface area contributed by atoms with Crippen LogP contribution in [0.4, 0.5) is 18.9 Å². The summed E-state index contributed by atoms with van der Waals surface area (Å²) in [6.45, 7) is 1.35. The summed E-state index contributed by atoms with van der Waals surface area (Å²) >= 11 is 0. The molecule has 1 rings (SSSR count). The molecule has 0 aliphatic rings. The molecule has 0 bridgehead atoms. The van der Waals surface area contributed by atoms with Crippen molar-refractivity contribution in [1.29, 1.82) is 0 Å². The molecule has 0 saturated carbocycles. The smallest absolute Gasteiger partial charge is 0.382 e. The maximum absolute atomic E-state index is 11.9. The van der Waals surface area contributed by atoms with Gasteiger partial charge in [0.1, 0.15) is 0 Å². The van der Waals surface area contributed by atoms with Crippen molar-refractivity contribution in [2.75, 3.05) is 11.9 Å². The van der Waals surface area contributed by atoms with E-state index in [1.807, 2.05) is 6.92 Å². The van der Waals surface area contributed by atoms with Crippen LogP contribution in [0.5, 0.6) is 0 Å².